The number of ether oxygens (including phenoxy) is 1. The maximum atomic E-state index is 11.7. The minimum Gasteiger partial charge on any atom is -0.441 e. The molecular formula is C23H26N2O4S. The fourth-order valence-electron chi connectivity index (χ4n) is 4.00. The van der Waals surface area contributed by atoms with Crippen molar-refractivity contribution in [2.45, 2.75) is 58.7 Å². The molecule has 6 nitrogen and oxygen atoms in total. The van der Waals surface area contributed by atoms with E-state index in [1.165, 1.54) is 5.56 Å². The summed E-state index contributed by atoms with van der Waals surface area (Å²) in [6, 6.07) is 8.11. The van der Waals surface area contributed by atoms with E-state index in [0.717, 1.165) is 60.9 Å². The van der Waals surface area contributed by atoms with Crippen LogP contribution in [0.2, 0.25) is 0 Å². The van der Waals surface area contributed by atoms with Gasteiger partial charge < -0.3 is 9.15 Å². The minimum atomic E-state index is -0.288. The van der Waals surface area contributed by atoms with Crippen molar-refractivity contribution in [3.05, 3.63) is 52.3 Å². The Balaban J connectivity index is 1.32. The number of benzene rings is 1. The zero-order valence-corrected chi connectivity index (χ0v) is 18.1. The van der Waals surface area contributed by atoms with Crippen molar-refractivity contribution in [2.75, 3.05) is 0 Å². The number of hydrogen-bond donors (Lipinski definition) is 1. The average molecular weight is 427 g/mol. The van der Waals surface area contributed by atoms with Crippen LogP contribution >= 0.6 is 11.8 Å². The summed E-state index contributed by atoms with van der Waals surface area (Å²) in [7, 11) is 0. The van der Waals surface area contributed by atoms with E-state index in [-0.39, 0.29) is 17.3 Å². The summed E-state index contributed by atoms with van der Waals surface area (Å²) in [5.41, 5.74) is 2.98. The van der Waals surface area contributed by atoms with E-state index in [9.17, 15) is 9.59 Å². The van der Waals surface area contributed by atoms with Crippen LogP contribution in [0.25, 0.3) is 11.5 Å². The Hall–Kier alpha value is -2.38. The van der Waals surface area contributed by atoms with Crippen LogP contribution in [-0.4, -0.2) is 22.2 Å². The molecule has 1 saturated carbocycles. The monoisotopic (exact) mass is 426 g/mol. The number of thioether (sulfide) groups is 1. The maximum Gasteiger partial charge on any atom is 0.290 e. The van der Waals surface area contributed by atoms with E-state index in [1.54, 1.807) is 0 Å². The number of rotatable bonds is 6. The number of aryl methyl sites for hydroxylation is 2. The van der Waals surface area contributed by atoms with Gasteiger partial charge in [-0.3, -0.25) is 14.9 Å². The van der Waals surface area contributed by atoms with Crippen molar-refractivity contribution in [3.8, 4) is 11.5 Å². The van der Waals surface area contributed by atoms with Gasteiger partial charge in [-0.15, -0.1) is 0 Å². The average Bonchev–Trinajstić information content (AvgIpc) is 3.26. The number of aromatic nitrogens is 1. The molecule has 0 unspecified atom stereocenters. The molecule has 1 aromatic heterocycles. The third-order valence-corrected chi connectivity index (χ3v) is 6.49. The van der Waals surface area contributed by atoms with Crippen LogP contribution in [0.1, 0.15) is 49.1 Å². The van der Waals surface area contributed by atoms with Crippen LogP contribution in [0.15, 0.2) is 39.7 Å². The summed E-state index contributed by atoms with van der Waals surface area (Å²) in [5.74, 6) is 1.60. The Morgan fingerprint density at radius 3 is 2.93 bits per heavy atom. The van der Waals surface area contributed by atoms with Gasteiger partial charge >= 0.3 is 0 Å². The van der Waals surface area contributed by atoms with E-state index < -0.39 is 0 Å². The van der Waals surface area contributed by atoms with Gasteiger partial charge in [-0.2, -0.15) is 0 Å². The smallest absolute Gasteiger partial charge is 0.290 e. The van der Waals surface area contributed by atoms with Gasteiger partial charge in [0, 0.05) is 5.56 Å². The normalized spacial score (nSPS) is 23.2. The largest absolute Gasteiger partial charge is 0.441 e. The van der Waals surface area contributed by atoms with Crippen LogP contribution in [0.4, 0.5) is 4.79 Å². The highest BCUT2D eigenvalue weighted by Crippen LogP contribution is 2.32. The Kier molecular flexibility index (Phi) is 6.39. The number of imide groups is 1. The van der Waals surface area contributed by atoms with Crippen molar-refractivity contribution in [1.82, 2.24) is 10.3 Å². The summed E-state index contributed by atoms with van der Waals surface area (Å²) in [6.45, 7) is 4.41. The molecule has 0 radical (unpaired) electrons. The molecular weight excluding hydrogens is 400 g/mol. The van der Waals surface area contributed by atoms with Crippen LogP contribution in [0.5, 0.6) is 0 Å². The lowest BCUT2D eigenvalue weighted by Gasteiger charge is -2.28. The highest BCUT2D eigenvalue weighted by molar-refractivity contribution is 8.18. The maximum absolute atomic E-state index is 11.7. The zero-order valence-electron chi connectivity index (χ0n) is 17.3. The lowest BCUT2D eigenvalue weighted by Crippen LogP contribution is -2.23. The predicted molar refractivity (Wildman–Crippen MR) is 116 cm³/mol. The molecule has 2 atom stereocenters. The lowest BCUT2D eigenvalue weighted by molar-refractivity contribution is -0.115. The van der Waals surface area contributed by atoms with Gasteiger partial charge in [0.2, 0.25) is 5.89 Å². The fraction of sp³-hybridized carbons (Fsp3) is 0.435. The molecule has 4 rings (SSSR count). The molecule has 2 aromatic rings. The number of nitrogens with zero attached hydrogens (tertiary/aromatic N) is 1. The Morgan fingerprint density at radius 1 is 1.30 bits per heavy atom. The Morgan fingerprint density at radius 2 is 2.17 bits per heavy atom. The summed E-state index contributed by atoms with van der Waals surface area (Å²) in [6.07, 6.45) is 7.06. The number of nitrogens with one attached hydrogen (secondary N) is 1. The van der Waals surface area contributed by atoms with Crippen molar-refractivity contribution in [3.63, 3.8) is 0 Å². The van der Waals surface area contributed by atoms with Gasteiger partial charge in [0.25, 0.3) is 11.1 Å². The Labute approximate surface area is 180 Å². The molecule has 1 aromatic carbocycles. The van der Waals surface area contributed by atoms with Gasteiger partial charge in [0.15, 0.2) is 0 Å². The number of oxazole rings is 1. The molecule has 2 heterocycles. The number of hydrogen-bond acceptors (Lipinski definition) is 6. The zero-order chi connectivity index (χ0) is 21.1. The summed E-state index contributed by atoms with van der Waals surface area (Å²) in [4.78, 5) is 28.1. The summed E-state index contributed by atoms with van der Waals surface area (Å²) in [5, 5.41) is 2.01. The number of amides is 2. The second-order valence-electron chi connectivity index (χ2n) is 8.00. The fourth-order valence-corrected chi connectivity index (χ4v) is 4.67. The van der Waals surface area contributed by atoms with Crippen LogP contribution in [0, 0.1) is 19.8 Å². The van der Waals surface area contributed by atoms with E-state index in [2.05, 4.69) is 29.4 Å². The molecule has 0 bridgehead atoms. The number of allylic oxidation sites excluding steroid dienone is 1. The first-order valence-electron chi connectivity index (χ1n) is 10.4. The van der Waals surface area contributed by atoms with Crippen LogP contribution in [-0.2, 0) is 16.1 Å². The van der Waals surface area contributed by atoms with Crippen molar-refractivity contribution in [2.24, 2.45) is 5.92 Å². The molecule has 1 aliphatic heterocycles. The molecule has 1 aliphatic carbocycles. The highest BCUT2D eigenvalue weighted by Gasteiger charge is 2.27. The number of carbonyl (C=O) groups is 2. The quantitative estimate of drug-likeness (QED) is 0.632. The second kappa shape index (κ2) is 9.18. The minimum absolute atomic E-state index is 0.173. The van der Waals surface area contributed by atoms with Crippen molar-refractivity contribution in [1.29, 1.82) is 0 Å². The van der Waals surface area contributed by atoms with Gasteiger partial charge in [-0.05, 0) is 69.3 Å². The lowest BCUT2D eigenvalue weighted by atomic mass is 9.85. The standard InChI is InChI=1S/C23H26N2O4S/c1-14-5-3-7-17(11-14)22-24-19(15(2)29-22)13-28-18-8-4-6-16(12-18)9-10-20-21(26)25-23(27)30-20/h3,5,7,10-11,16,18H,4,6,8-9,12-13H2,1-2H3,(H,25,26,27)/b20-10-/t16-,18-/m1/s1. The molecule has 1 N–H and O–H groups in total. The predicted octanol–water partition coefficient (Wildman–Crippen LogP) is 5.29. The Bertz CT molecular complexity index is 981. The number of carbonyl (C=O) groups excluding carboxylic acids is 2. The first-order chi connectivity index (χ1) is 14.5. The molecule has 1 saturated heterocycles. The van der Waals surface area contributed by atoms with E-state index >= 15 is 0 Å². The van der Waals surface area contributed by atoms with E-state index in [1.807, 2.05) is 25.1 Å². The molecule has 2 fully saturated rings. The summed E-state index contributed by atoms with van der Waals surface area (Å²) < 4.78 is 12.0. The molecule has 30 heavy (non-hydrogen) atoms. The topological polar surface area (TPSA) is 81.4 Å². The molecule has 7 heteroatoms. The van der Waals surface area contributed by atoms with Crippen molar-refractivity contribution < 1.29 is 18.7 Å². The first-order valence-corrected chi connectivity index (χ1v) is 11.2. The van der Waals surface area contributed by atoms with Gasteiger partial charge in [-0.1, -0.05) is 30.2 Å². The highest BCUT2D eigenvalue weighted by atomic mass is 32.2. The SMILES string of the molecule is Cc1cccc(-c2nc(CO[C@@H]3CCC[C@H](C/C=C4\SC(=O)NC4=O)C3)c(C)o2)c1. The van der Waals surface area contributed by atoms with Crippen LogP contribution < -0.4 is 5.32 Å². The second-order valence-corrected chi connectivity index (χ2v) is 9.02. The van der Waals surface area contributed by atoms with Gasteiger partial charge in [0.05, 0.1) is 17.6 Å². The molecule has 2 amide bonds. The third kappa shape index (κ3) is 5.02. The van der Waals surface area contributed by atoms with E-state index in [4.69, 9.17) is 9.15 Å². The third-order valence-electron chi connectivity index (χ3n) is 5.63. The molecule has 2 aliphatic rings. The summed E-state index contributed by atoms with van der Waals surface area (Å²) >= 11 is 0.985. The van der Waals surface area contributed by atoms with Gasteiger partial charge in [-0.25, -0.2) is 4.98 Å². The molecule has 0 spiro atoms. The van der Waals surface area contributed by atoms with Crippen LogP contribution in [0.3, 0.4) is 0 Å². The first kappa shape index (κ1) is 20.9. The van der Waals surface area contributed by atoms with Crippen molar-refractivity contribution >= 4 is 22.9 Å². The molecule has 158 valence electrons. The van der Waals surface area contributed by atoms with Gasteiger partial charge in [0.1, 0.15) is 11.5 Å². The van der Waals surface area contributed by atoms with E-state index in [0.29, 0.717) is 23.3 Å².